The van der Waals surface area contributed by atoms with E-state index in [1.807, 2.05) is 18.2 Å². The van der Waals surface area contributed by atoms with E-state index in [4.69, 9.17) is 36.4 Å². The van der Waals surface area contributed by atoms with Gasteiger partial charge in [0, 0.05) is 62.3 Å². The minimum absolute atomic E-state index is 0.0482. The molecule has 8 rings (SSSR count). The lowest BCUT2D eigenvalue weighted by Gasteiger charge is -2.43. The summed E-state index contributed by atoms with van der Waals surface area (Å²) in [6.45, 7) is 42.6. The summed E-state index contributed by atoms with van der Waals surface area (Å²) >= 11 is 7.12. The second-order valence-corrected chi connectivity index (χ2v) is 33.0. The SMILES string of the molecule is CCCCC(CC)COc1c(OCC(CC)CCCC)c(C(C)(C)C)c2nsnc2c1-c1ccc(-c2cc(F)c(-c3ccc(C(C)(C)C(C)(C)c4c(OCC(CC)CCCC)c(OCC(CC)CCCC)c(-c5ccc(C(C)(C)C)s5)c5nsnc45)s3)cc2F)s1. The predicted molar refractivity (Wildman–Crippen MR) is 389 cm³/mol. The van der Waals surface area contributed by atoms with Crippen LogP contribution in [0.3, 0.4) is 0 Å². The van der Waals surface area contributed by atoms with Crippen LogP contribution in [0.5, 0.6) is 23.0 Å². The van der Waals surface area contributed by atoms with Crippen LogP contribution in [-0.4, -0.2) is 43.9 Å². The fourth-order valence-electron chi connectivity index (χ4n) is 12.5. The summed E-state index contributed by atoms with van der Waals surface area (Å²) < 4.78 is 83.6. The molecule has 0 N–H and O–H groups in total. The lowest BCUT2D eigenvalue weighted by molar-refractivity contribution is 0.193. The van der Waals surface area contributed by atoms with Gasteiger partial charge in [-0.25, -0.2) is 8.78 Å². The maximum absolute atomic E-state index is 17.2. The lowest BCUT2D eigenvalue weighted by atomic mass is 9.62. The summed E-state index contributed by atoms with van der Waals surface area (Å²) in [6, 6.07) is 15.2. The number of fused-ring (bicyclic) bond motifs is 2. The average Bonchev–Trinajstić information content (AvgIpc) is 1.72. The Hall–Kier alpha value is -4.54. The van der Waals surface area contributed by atoms with E-state index in [0.29, 0.717) is 71.4 Å². The quantitative estimate of drug-likeness (QED) is 0.0388. The van der Waals surface area contributed by atoms with Gasteiger partial charge in [0.2, 0.25) is 0 Å². The number of aromatic nitrogens is 4. The van der Waals surface area contributed by atoms with Crippen molar-refractivity contribution < 1.29 is 27.7 Å². The van der Waals surface area contributed by atoms with Crippen molar-refractivity contribution in [1.29, 1.82) is 0 Å². The molecule has 3 aromatic carbocycles. The van der Waals surface area contributed by atoms with Crippen LogP contribution >= 0.6 is 57.5 Å². The van der Waals surface area contributed by atoms with Crippen molar-refractivity contribution in [3.05, 3.63) is 81.0 Å². The molecular formula is C76H106F2N4O4S5. The second-order valence-electron chi connectivity index (χ2n) is 28.7. The second kappa shape index (κ2) is 31.8. The summed E-state index contributed by atoms with van der Waals surface area (Å²) in [7, 11) is 0. The van der Waals surface area contributed by atoms with Gasteiger partial charge >= 0.3 is 0 Å². The number of unbranched alkanes of at least 4 members (excludes halogenated alkanes) is 4. The van der Waals surface area contributed by atoms with Crippen molar-refractivity contribution in [2.24, 2.45) is 23.7 Å². The van der Waals surface area contributed by atoms with E-state index in [9.17, 15) is 0 Å². The first-order chi connectivity index (χ1) is 43.4. The van der Waals surface area contributed by atoms with Gasteiger partial charge in [-0.3, -0.25) is 0 Å². The number of thiophene rings is 3. The maximum Gasteiger partial charge on any atom is 0.172 e. The highest BCUT2D eigenvalue weighted by atomic mass is 32.1. The number of hydrogen-bond donors (Lipinski definition) is 0. The third-order valence-corrected chi connectivity index (χ3v) is 24.6. The first-order valence-corrected chi connectivity index (χ1v) is 38.3. The summed E-state index contributed by atoms with van der Waals surface area (Å²) in [6.07, 6.45) is 17.3. The molecule has 0 aliphatic heterocycles. The van der Waals surface area contributed by atoms with Gasteiger partial charge in [-0.05, 0) is 109 Å². The van der Waals surface area contributed by atoms with Gasteiger partial charge in [0.25, 0.3) is 0 Å². The molecule has 0 radical (unpaired) electrons. The molecule has 0 saturated carbocycles. The van der Waals surface area contributed by atoms with E-state index in [0.717, 1.165) is 173 Å². The van der Waals surface area contributed by atoms with Gasteiger partial charge in [-0.2, -0.15) is 17.5 Å². The molecule has 5 heterocycles. The largest absolute Gasteiger partial charge is 0.489 e. The van der Waals surface area contributed by atoms with Crippen molar-refractivity contribution >= 4 is 79.5 Å². The number of rotatable bonds is 35. The molecular weight excluding hydrogens is 1230 g/mol. The molecule has 91 heavy (non-hydrogen) atoms. The van der Waals surface area contributed by atoms with Crippen LogP contribution in [0.25, 0.3) is 63.8 Å². The van der Waals surface area contributed by atoms with E-state index >= 15 is 8.78 Å². The van der Waals surface area contributed by atoms with Crippen LogP contribution in [-0.2, 0) is 21.7 Å². The van der Waals surface area contributed by atoms with E-state index in [1.165, 1.54) is 63.1 Å². The number of benzene rings is 3. The van der Waals surface area contributed by atoms with Crippen LogP contribution in [0.1, 0.15) is 248 Å². The van der Waals surface area contributed by atoms with E-state index in [2.05, 4.69) is 143 Å². The monoisotopic (exact) mass is 1340 g/mol. The number of halogens is 2. The Balaban J connectivity index is 1.21. The zero-order chi connectivity index (χ0) is 66.0. The Morgan fingerprint density at radius 3 is 1.13 bits per heavy atom. The minimum atomic E-state index is -0.673. The van der Waals surface area contributed by atoms with Gasteiger partial charge in [0.05, 0.1) is 61.0 Å². The number of ether oxygens (including phenoxy) is 4. The highest BCUT2D eigenvalue weighted by Gasteiger charge is 2.47. The number of hydrogen-bond acceptors (Lipinski definition) is 13. The Labute approximate surface area is 565 Å². The zero-order valence-electron chi connectivity index (χ0n) is 58.3. The smallest absolute Gasteiger partial charge is 0.172 e. The van der Waals surface area contributed by atoms with Crippen LogP contribution in [0, 0.1) is 35.3 Å². The summed E-state index contributed by atoms with van der Waals surface area (Å²) in [5.74, 6) is 3.31. The van der Waals surface area contributed by atoms with E-state index in [1.54, 1.807) is 11.3 Å². The molecule has 0 fully saturated rings. The van der Waals surface area contributed by atoms with Crippen molar-refractivity contribution in [3.63, 3.8) is 0 Å². The zero-order valence-corrected chi connectivity index (χ0v) is 62.4. The van der Waals surface area contributed by atoms with Crippen LogP contribution < -0.4 is 18.9 Å². The predicted octanol–water partition coefficient (Wildman–Crippen LogP) is 25.1. The van der Waals surface area contributed by atoms with Crippen LogP contribution in [0.2, 0.25) is 0 Å². The molecule has 15 heteroatoms. The molecule has 4 unspecified atom stereocenters. The molecule has 4 atom stereocenters. The Kier molecular flexibility index (Phi) is 25.3. The lowest BCUT2D eigenvalue weighted by Crippen LogP contribution is -2.40. The molecule has 0 spiro atoms. The van der Waals surface area contributed by atoms with Crippen LogP contribution in [0.4, 0.5) is 8.78 Å². The van der Waals surface area contributed by atoms with Gasteiger partial charge < -0.3 is 18.9 Å². The fraction of sp³-hybridized carbons (Fsp3) is 0.605. The Morgan fingerprint density at radius 1 is 0.385 bits per heavy atom. The molecule has 0 amide bonds. The van der Waals surface area contributed by atoms with Gasteiger partial charge in [-0.1, -0.05) is 202 Å². The average molecular weight is 1340 g/mol. The van der Waals surface area contributed by atoms with Crippen molar-refractivity contribution in [2.45, 2.75) is 249 Å². The highest BCUT2D eigenvalue weighted by molar-refractivity contribution is 7.19. The summed E-state index contributed by atoms with van der Waals surface area (Å²) in [5.41, 5.74) is 5.55. The third kappa shape index (κ3) is 16.2. The van der Waals surface area contributed by atoms with Crippen molar-refractivity contribution in [1.82, 2.24) is 17.5 Å². The summed E-state index contributed by atoms with van der Waals surface area (Å²) in [4.78, 5) is 5.46. The molecule has 0 bridgehead atoms. The first-order valence-electron chi connectivity index (χ1n) is 34.4. The first kappa shape index (κ1) is 72.3. The van der Waals surface area contributed by atoms with Gasteiger partial charge in [0.1, 0.15) is 33.7 Å². The number of nitrogens with zero attached hydrogens (tertiary/aromatic N) is 4. The minimum Gasteiger partial charge on any atom is -0.489 e. The van der Waals surface area contributed by atoms with Gasteiger partial charge in [0.15, 0.2) is 23.0 Å². The molecule has 0 aliphatic rings. The Bertz CT molecular complexity index is 3630. The molecule has 8 nitrogen and oxygen atoms in total. The highest BCUT2D eigenvalue weighted by Crippen LogP contribution is 2.58. The molecule has 5 aromatic heterocycles. The van der Waals surface area contributed by atoms with Crippen molar-refractivity contribution in [3.8, 4) is 64.8 Å². The van der Waals surface area contributed by atoms with E-state index in [-0.39, 0.29) is 22.0 Å². The Morgan fingerprint density at radius 2 is 0.725 bits per heavy atom. The third-order valence-electron chi connectivity index (χ3n) is 19.5. The van der Waals surface area contributed by atoms with Crippen LogP contribution in [0.15, 0.2) is 48.5 Å². The van der Waals surface area contributed by atoms with Crippen molar-refractivity contribution in [2.75, 3.05) is 26.4 Å². The topological polar surface area (TPSA) is 88.5 Å². The molecule has 498 valence electrons. The van der Waals surface area contributed by atoms with Gasteiger partial charge in [-0.15, -0.1) is 34.0 Å². The molecule has 0 saturated heterocycles. The van der Waals surface area contributed by atoms with E-state index < -0.39 is 22.5 Å². The molecule has 0 aliphatic carbocycles. The fourth-order valence-corrected chi connectivity index (χ4v) is 17.0. The standard InChI is InChI=1S/C76H106F2N4O4S5/c1-19-27-31-47(23-5)43-83-69-61(65-67(81-90-79-65)63(74(12,13)14)71(69)85-45-49(25-7)33-29-21-3)57-36-35-55(87-57)51-41-54(78)52(42-53(51)77)56-37-40-60(88-56)75(15,16)76(17,18)64-68-66(80-91-82-68)62(58-38-39-59(89-58)73(9,10)11)70(84-44-48(24-6)32-28-20-2)72(64)86-46-50(26-8)34-30-22-4/h35-42,47-50H,19-34,43-46H2,1-18H3. The normalized spacial score (nSPS) is 14.0. The maximum atomic E-state index is 17.2. The summed E-state index contributed by atoms with van der Waals surface area (Å²) in [5, 5.41) is 0. The molecule has 8 aromatic rings.